The van der Waals surface area contributed by atoms with Crippen molar-refractivity contribution in [3.63, 3.8) is 0 Å². The maximum absolute atomic E-state index is 14.6. The first-order valence-electron chi connectivity index (χ1n) is 11.9. The van der Waals surface area contributed by atoms with Crippen molar-refractivity contribution in [3.05, 3.63) is 53.3 Å². The number of rotatable bonds is 6. The monoisotopic (exact) mass is 559 g/mol. The number of nitrogens with one attached hydrogen (secondary N) is 3. The lowest BCUT2D eigenvalue weighted by atomic mass is 10.0. The second-order valence-corrected chi connectivity index (χ2v) is 9.91. The van der Waals surface area contributed by atoms with Gasteiger partial charge in [0.15, 0.2) is 5.65 Å². The number of anilines is 2. The highest BCUT2D eigenvalue weighted by atomic mass is 32.2. The van der Waals surface area contributed by atoms with Gasteiger partial charge in [-0.1, -0.05) is 5.92 Å². The Balaban J connectivity index is 1.60. The van der Waals surface area contributed by atoms with E-state index < -0.39 is 17.7 Å². The molecule has 1 fully saturated rings. The number of carbonyl (C=O) groups is 1. The van der Waals surface area contributed by atoms with Crippen molar-refractivity contribution in [2.24, 2.45) is 0 Å². The Bertz CT molecular complexity index is 1470. The molecule has 2 atom stereocenters. The summed E-state index contributed by atoms with van der Waals surface area (Å²) in [6.07, 6.45) is 0.855. The lowest BCUT2D eigenvalue weighted by Gasteiger charge is -2.33. The minimum Gasteiger partial charge on any atom is -0.376 e. The van der Waals surface area contributed by atoms with Gasteiger partial charge in [0, 0.05) is 43.7 Å². The van der Waals surface area contributed by atoms with Gasteiger partial charge in [0.05, 0.1) is 29.5 Å². The number of piperidine rings is 1. The van der Waals surface area contributed by atoms with E-state index in [4.69, 9.17) is 0 Å². The Morgan fingerprint density at radius 2 is 2.08 bits per heavy atom. The number of aromatic nitrogens is 2. The maximum Gasteiger partial charge on any atom is 0.447 e. The van der Waals surface area contributed by atoms with Crippen LogP contribution in [0.3, 0.4) is 0 Å². The molecule has 0 aliphatic carbocycles. The van der Waals surface area contributed by atoms with Crippen LogP contribution in [0.4, 0.5) is 28.9 Å². The molecule has 0 unspecified atom stereocenters. The number of likely N-dealkylation sites (tertiary alicyclic amines) is 1. The number of nitrogens with zero attached hydrogens (tertiary/aromatic N) is 4. The first-order valence-corrected chi connectivity index (χ1v) is 12.8. The van der Waals surface area contributed by atoms with Crippen molar-refractivity contribution < 1.29 is 22.4 Å². The second-order valence-electron chi connectivity index (χ2n) is 8.85. The van der Waals surface area contributed by atoms with Crippen LogP contribution < -0.4 is 16.0 Å². The largest absolute Gasteiger partial charge is 0.447 e. The van der Waals surface area contributed by atoms with Crippen LogP contribution in [-0.2, 0) is 0 Å². The van der Waals surface area contributed by atoms with Gasteiger partial charge in [-0.05, 0) is 49.7 Å². The van der Waals surface area contributed by atoms with Crippen LogP contribution in [0.2, 0.25) is 0 Å². The summed E-state index contributed by atoms with van der Waals surface area (Å²) < 4.78 is 56.2. The van der Waals surface area contributed by atoms with E-state index >= 15 is 0 Å². The van der Waals surface area contributed by atoms with E-state index in [-0.39, 0.29) is 52.7 Å². The zero-order valence-electron chi connectivity index (χ0n) is 21.1. The Morgan fingerprint density at radius 3 is 2.77 bits per heavy atom. The van der Waals surface area contributed by atoms with E-state index in [1.54, 1.807) is 18.2 Å². The van der Waals surface area contributed by atoms with Crippen LogP contribution in [0.15, 0.2) is 41.6 Å². The molecule has 0 bridgehead atoms. The van der Waals surface area contributed by atoms with E-state index in [9.17, 15) is 27.6 Å². The summed E-state index contributed by atoms with van der Waals surface area (Å²) in [6.45, 7) is 0.953. The molecule has 3 aromatic rings. The van der Waals surface area contributed by atoms with Crippen molar-refractivity contribution in [2.45, 2.75) is 29.2 Å². The summed E-state index contributed by atoms with van der Waals surface area (Å²) in [5.41, 5.74) is -3.08. The fourth-order valence-corrected chi connectivity index (χ4v) is 4.87. The quantitative estimate of drug-likeness (QED) is 0.238. The highest BCUT2D eigenvalue weighted by Gasteiger charge is 2.33. The van der Waals surface area contributed by atoms with E-state index in [1.807, 2.05) is 18.0 Å². The van der Waals surface area contributed by atoms with Gasteiger partial charge in [-0.2, -0.15) is 18.4 Å². The number of alkyl halides is 4. The molecule has 8 nitrogen and oxygen atoms in total. The normalized spacial score (nSPS) is 17.7. The third-order valence-electron chi connectivity index (χ3n) is 6.11. The minimum atomic E-state index is -4.58. The number of fused-ring (bicyclic) bond motifs is 1. The number of halogens is 4. The van der Waals surface area contributed by atoms with Crippen LogP contribution in [-0.4, -0.2) is 71.6 Å². The molecule has 0 radical (unpaired) electrons. The van der Waals surface area contributed by atoms with Crippen LogP contribution in [0.25, 0.3) is 5.65 Å². The second kappa shape index (κ2) is 11.8. The highest BCUT2D eigenvalue weighted by Crippen LogP contribution is 2.39. The molecule has 4 rings (SSSR count). The van der Waals surface area contributed by atoms with Gasteiger partial charge in [-0.3, -0.25) is 9.20 Å². The van der Waals surface area contributed by atoms with Crippen molar-refractivity contribution in [3.8, 4) is 17.9 Å². The predicted octanol–water partition coefficient (Wildman–Crippen LogP) is 4.10. The fourth-order valence-electron chi connectivity index (χ4n) is 4.21. The summed E-state index contributed by atoms with van der Waals surface area (Å²) in [4.78, 5) is 18.1. The van der Waals surface area contributed by atoms with E-state index in [0.717, 1.165) is 0 Å². The fraction of sp³-hybridized carbons (Fsp3) is 0.346. The number of hydrogen-bond donors (Lipinski definition) is 3. The molecular formula is C26H25F4N7OS. The summed E-state index contributed by atoms with van der Waals surface area (Å²) in [6, 6.07) is 9.25. The Labute approximate surface area is 226 Å². The molecule has 1 aliphatic heterocycles. The van der Waals surface area contributed by atoms with Gasteiger partial charge in [0.2, 0.25) is 0 Å². The number of hydrogen-bond acceptors (Lipinski definition) is 7. The van der Waals surface area contributed by atoms with Crippen LogP contribution in [0, 0.1) is 23.2 Å². The van der Waals surface area contributed by atoms with Gasteiger partial charge in [-0.15, -0.1) is 0 Å². The molecule has 1 aromatic carbocycles. The van der Waals surface area contributed by atoms with Crippen molar-refractivity contribution in [1.29, 1.82) is 5.26 Å². The van der Waals surface area contributed by atoms with Crippen LogP contribution in [0.5, 0.6) is 0 Å². The molecule has 204 valence electrons. The van der Waals surface area contributed by atoms with Crippen molar-refractivity contribution >= 4 is 34.7 Å². The van der Waals surface area contributed by atoms with Gasteiger partial charge in [-0.25, -0.2) is 9.37 Å². The molecule has 39 heavy (non-hydrogen) atoms. The van der Waals surface area contributed by atoms with Crippen LogP contribution >= 0.6 is 11.8 Å². The zero-order chi connectivity index (χ0) is 28.2. The van der Waals surface area contributed by atoms with Crippen molar-refractivity contribution in [2.75, 3.05) is 44.4 Å². The Morgan fingerprint density at radius 1 is 1.28 bits per heavy atom. The van der Waals surface area contributed by atoms with Crippen LogP contribution in [0.1, 0.15) is 28.0 Å². The summed E-state index contributed by atoms with van der Waals surface area (Å²) in [7, 11) is 3.31. The lowest BCUT2D eigenvalue weighted by molar-refractivity contribution is -0.0330. The molecule has 13 heteroatoms. The third-order valence-corrected chi connectivity index (χ3v) is 6.92. The first kappa shape index (κ1) is 28.1. The number of benzene rings is 1. The smallest absolute Gasteiger partial charge is 0.376 e. The molecule has 1 aliphatic rings. The standard InChI is InChI=1S/C26H25F4N7OS/c1-32-24(38)16-7-8-19(17(13-16)14-31)33-10-3-5-22-25(39-26(28,29)30)37-11-4-6-21(23(37)35-22)34-20-9-12-36(2)15-18(20)27/h4,6-8,11,13,18,20,33-34H,9-10,12,15H2,1-2H3,(H,32,38)/t18-,20+/m0/s1. The molecular weight excluding hydrogens is 534 g/mol. The summed E-state index contributed by atoms with van der Waals surface area (Å²) in [5, 5.41) is 17.8. The molecule has 0 spiro atoms. The molecule has 0 saturated carbocycles. The molecule has 2 aromatic heterocycles. The van der Waals surface area contributed by atoms with E-state index in [1.165, 1.54) is 29.8 Å². The molecule has 3 N–H and O–H groups in total. The van der Waals surface area contributed by atoms with Gasteiger partial charge >= 0.3 is 5.51 Å². The van der Waals surface area contributed by atoms with Gasteiger partial charge in [0.1, 0.15) is 23.0 Å². The molecule has 1 amide bonds. The number of imidazole rings is 1. The third kappa shape index (κ3) is 6.74. The predicted molar refractivity (Wildman–Crippen MR) is 141 cm³/mol. The maximum atomic E-state index is 14.6. The molecule has 1 saturated heterocycles. The average Bonchev–Trinajstić information content (AvgIpc) is 3.24. The first-order chi connectivity index (χ1) is 18.6. The number of nitriles is 1. The summed E-state index contributed by atoms with van der Waals surface area (Å²) >= 11 is -0.326. The Hall–Kier alpha value is -3.94. The molecule has 3 heterocycles. The van der Waals surface area contributed by atoms with Gasteiger partial charge < -0.3 is 20.9 Å². The number of thioether (sulfide) groups is 1. The number of carbonyl (C=O) groups excluding carboxylic acids is 1. The lowest BCUT2D eigenvalue weighted by Crippen LogP contribution is -2.46. The highest BCUT2D eigenvalue weighted by molar-refractivity contribution is 8.00. The topological polar surface area (TPSA) is 97.5 Å². The van der Waals surface area contributed by atoms with Crippen molar-refractivity contribution in [1.82, 2.24) is 19.6 Å². The van der Waals surface area contributed by atoms with E-state index in [0.29, 0.717) is 29.9 Å². The minimum absolute atomic E-state index is 0.00221. The number of amides is 1. The SMILES string of the molecule is CNC(=O)c1ccc(NCC#Cc2nc3c(N[C@@H]4CCN(C)C[C@@H]4F)cccn3c2SC(F)(F)F)c(C#N)c1. The van der Waals surface area contributed by atoms with Gasteiger partial charge in [0.25, 0.3) is 5.91 Å². The average molecular weight is 560 g/mol. The zero-order valence-corrected chi connectivity index (χ0v) is 21.9. The summed E-state index contributed by atoms with van der Waals surface area (Å²) in [5.74, 6) is 5.11. The number of pyridine rings is 1. The van der Waals surface area contributed by atoms with E-state index in [2.05, 4.69) is 32.8 Å². The Kier molecular flexibility index (Phi) is 8.53.